The minimum atomic E-state index is -0.457. The van der Waals surface area contributed by atoms with Crippen LogP contribution in [0.3, 0.4) is 0 Å². The minimum absolute atomic E-state index is 0.308. The second-order valence-electron chi connectivity index (χ2n) is 8.85. The number of nitrogens with one attached hydrogen (secondary N) is 1. The van der Waals surface area contributed by atoms with E-state index in [9.17, 15) is 14.4 Å². The molecule has 0 atom stereocenters. The van der Waals surface area contributed by atoms with Crippen LogP contribution in [0.25, 0.3) is 17.0 Å². The maximum Gasteiger partial charge on any atom is 0.294 e. The van der Waals surface area contributed by atoms with E-state index in [2.05, 4.69) is 22.0 Å². The third kappa shape index (κ3) is 4.83. The molecule has 7 heteroatoms. The van der Waals surface area contributed by atoms with Gasteiger partial charge in [-0.3, -0.25) is 19.3 Å². The number of carbonyl (C=O) groups is 3. The highest BCUT2D eigenvalue weighted by Crippen LogP contribution is 2.34. The molecule has 0 radical (unpaired) electrons. The number of nitrogens with zero attached hydrogens (tertiary/aromatic N) is 2. The molecule has 1 aliphatic heterocycles. The number of hydrogen-bond acceptors (Lipinski definition) is 4. The summed E-state index contributed by atoms with van der Waals surface area (Å²) >= 11 is 0.862. The molecule has 3 amide bonds. The van der Waals surface area contributed by atoms with Gasteiger partial charge in [0.15, 0.2) is 0 Å². The fourth-order valence-corrected chi connectivity index (χ4v) is 5.11. The van der Waals surface area contributed by atoms with Crippen LogP contribution in [-0.4, -0.2) is 33.1 Å². The zero-order valence-corrected chi connectivity index (χ0v) is 20.8. The van der Waals surface area contributed by atoms with Crippen molar-refractivity contribution in [2.45, 2.75) is 20.4 Å². The van der Waals surface area contributed by atoms with Gasteiger partial charge in [0.25, 0.3) is 11.1 Å². The van der Waals surface area contributed by atoms with E-state index < -0.39 is 17.1 Å². The molecule has 6 nitrogen and oxygen atoms in total. The molecule has 1 saturated heterocycles. The Bertz CT molecular complexity index is 1520. The summed E-state index contributed by atoms with van der Waals surface area (Å²) in [7, 11) is 0. The highest BCUT2D eigenvalue weighted by molar-refractivity contribution is 8.18. The first-order chi connectivity index (χ1) is 17.4. The molecule has 1 N–H and O–H groups in total. The van der Waals surface area contributed by atoms with Crippen molar-refractivity contribution >= 4 is 51.5 Å². The van der Waals surface area contributed by atoms with Crippen molar-refractivity contribution < 1.29 is 14.4 Å². The van der Waals surface area contributed by atoms with Crippen molar-refractivity contribution in [1.29, 1.82) is 0 Å². The van der Waals surface area contributed by atoms with Gasteiger partial charge in [-0.1, -0.05) is 60.7 Å². The first kappa shape index (κ1) is 23.6. The highest BCUT2D eigenvalue weighted by atomic mass is 32.2. The number of aryl methyl sites for hydroxylation is 2. The summed E-state index contributed by atoms with van der Waals surface area (Å²) in [5, 5.41) is 3.36. The monoisotopic (exact) mass is 495 g/mol. The number of hydrogen-bond donors (Lipinski definition) is 1. The number of amides is 3. The number of fused-ring (bicyclic) bond motifs is 1. The van der Waals surface area contributed by atoms with Crippen molar-refractivity contribution in [3.8, 4) is 0 Å². The Morgan fingerprint density at radius 1 is 0.972 bits per heavy atom. The molecule has 36 heavy (non-hydrogen) atoms. The lowest BCUT2D eigenvalue weighted by molar-refractivity contribution is -0.127. The Hall–Kier alpha value is -4.10. The Labute approximate surface area is 213 Å². The average Bonchev–Trinajstić information content (AvgIpc) is 3.34. The highest BCUT2D eigenvalue weighted by Gasteiger charge is 2.36. The van der Waals surface area contributed by atoms with Crippen LogP contribution in [0.2, 0.25) is 0 Å². The fourth-order valence-electron chi connectivity index (χ4n) is 4.28. The van der Waals surface area contributed by atoms with Crippen LogP contribution in [0.15, 0.2) is 83.9 Å². The van der Waals surface area contributed by atoms with Gasteiger partial charge in [-0.25, -0.2) is 0 Å². The third-order valence-corrected chi connectivity index (χ3v) is 7.05. The van der Waals surface area contributed by atoms with Crippen LogP contribution in [0.4, 0.5) is 10.5 Å². The van der Waals surface area contributed by atoms with E-state index in [0.717, 1.165) is 44.3 Å². The lowest BCUT2D eigenvalue weighted by atomic mass is 10.1. The zero-order valence-electron chi connectivity index (χ0n) is 20.0. The quantitative estimate of drug-likeness (QED) is 0.334. The van der Waals surface area contributed by atoms with E-state index in [1.54, 1.807) is 6.08 Å². The molecule has 0 bridgehead atoms. The van der Waals surface area contributed by atoms with Gasteiger partial charge in [-0.2, -0.15) is 0 Å². The van der Waals surface area contributed by atoms with E-state index >= 15 is 0 Å². The summed E-state index contributed by atoms with van der Waals surface area (Å²) in [5.74, 6) is -0.868. The molecule has 1 fully saturated rings. The number of thioether (sulfide) groups is 1. The van der Waals surface area contributed by atoms with E-state index in [0.29, 0.717) is 17.1 Å². The summed E-state index contributed by atoms with van der Waals surface area (Å²) in [6.07, 6.45) is 3.75. The number of imide groups is 1. The maximum absolute atomic E-state index is 13.1. The second kappa shape index (κ2) is 9.87. The third-order valence-electron chi connectivity index (χ3n) is 6.14. The van der Waals surface area contributed by atoms with Gasteiger partial charge in [0.2, 0.25) is 5.91 Å². The molecule has 180 valence electrons. The predicted octanol–water partition coefficient (Wildman–Crippen LogP) is 5.98. The molecule has 0 aliphatic carbocycles. The van der Waals surface area contributed by atoms with Gasteiger partial charge in [-0.15, -0.1) is 0 Å². The van der Waals surface area contributed by atoms with Crippen LogP contribution in [0.1, 0.15) is 22.3 Å². The summed E-state index contributed by atoms with van der Waals surface area (Å²) in [5.41, 5.74) is 5.66. The first-order valence-corrected chi connectivity index (χ1v) is 12.4. The largest absolute Gasteiger partial charge is 0.342 e. The average molecular weight is 496 g/mol. The van der Waals surface area contributed by atoms with Gasteiger partial charge < -0.3 is 9.88 Å². The van der Waals surface area contributed by atoms with Gasteiger partial charge in [0.1, 0.15) is 6.54 Å². The normalized spacial score (nSPS) is 14.7. The summed E-state index contributed by atoms with van der Waals surface area (Å²) in [6.45, 7) is 4.19. The van der Waals surface area contributed by atoms with Crippen molar-refractivity contribution in [1.82, 2.24) is 9.47 Å². The lowest BCUT2D eigenvalue weighted by Crippen LogP contribution is -2.36. The van der Waals surface area contributed by atoms with Gasteiger partial charge in [-0.05, 0) is 60.5 Å². The van der Waals surface area contributed by atoms with E-state index in [4.69, 9.17) is 0 Å². The van der Waals surface area contributed by atoms with E-state index in [-0.39, 0.29) is 6.54 Å². The smallest absolute Gasteiger partial charge is 0.294 e. The molecule has 0 spiro atoms. The van der Waals surface area contributed by atoms with Crippen LogP contribution >= 0.6 is 11.8 Å². The molecule has 0 unspecified atom stereocenters. The van der Waals surface area contributed by atoms with Crippen molar-refractivity contribution in [3.63, 3.8) is 0 Å². The van der Waals surface area contributed by atoms with Gasteiger partial charge in [0.05, 0.1) is 4.91 Å². The molecule has 0 saturated carbocycles. The summed E-state index contributed by atoms with van der Waals surface area (Å²) in [6, 6.07) is 23.9. The zero-order chi connectivity index (χ0) is 25.2. The molecule has 3 aromatic carbocycles. The van der Waals surface area contributed by atoms with Crippen molar-refractivity contribution in [3.05, 3.63) is 106 Å². The number of rotatable bonds is 6. The van der Waals surface area contributed by atoms with Gasteiger partial charge in [0, 0.05) is 34.9 Å². The SMILES string of the molecule is Cc1ccc(C)c(NC(=O)CN2C(=O)S/C(=C\c3cn(Cc4ccccc4)c4ccccc34)C2=O)c1. The van der Waals surface area contributed by atoms with Crippen molar-refractivity contribution in [2.24, 2.45) is 0 Å². The molecule has 1 aliphatic rings. The summed E-state index contributed by atoms with van der Waals surface area (Å²) in [4.78, 5) is 39.7. The number of benzene rings is 3. The Morgan fingerprint density at radius 2 is 1.72 bits per heavy atom. The molecule has 2 heterocycles. The molecular weight excluding hydrogens is 470 g/mol. The number of aromatic nitrogens is 1. The van der Waals surface area contributed by atoms with Crippen LogP contribution < -0.4 is 5.32 Å². The van der Waals surface area contributed by atoms with Crippen LogP contribution in [0.5, 0.6) is 0 Å². The Morgan fingerprint density at radius 3 is 2.53 bits per heavy atom. The first-order valence-electron chi connectivity index (χ1n) is 11.6. The topological polar surface area (TPSA) is 71.4 Å². The molecule has 5 rings (SSSR count). The maximum atomic E-state index is 13.1. The van der Waals surface area contributed by atoms with Gasteiger partial charge >= 0.3 is 0 Å². The number of anilines is 1. The second-order valence-corrected chi connectivity index (χ2v) is 9.84. The lowest BCUT2D eigenvalue weighted by Gasteiger charge is -2.14. The number of carbonyl (C=O) groups excluding carboxylic acids is 3. The summed E-state index contributed by atoms with van der Waals surface area (Å²) < 4.78 is 2.14. The molecule has 4 aromatic rings. The van der Waals surface area contributed by atoms with E-state index in [1.165, 1.54) is 5.56 Å². The standard InChI is InChI=1S/C29H25N3O3S/c1-19-12-13-20(2)24(14-19)30-27(33)18-32-28(34)26(36-29(32)35)15-22-17-31(16-21-8-4-3-5-9-21)25-11-7-6-10-23(22)25/h3-15,17H,16,18H2,1-2H3,(H,30,33)/b26-15-. The Balaban J connectivity index is 1.37. The number of para-hydroxylation sites is 1. The van der Waals surface area contributed by atoms with Crippen LogP contribution in [0, 0.1) is 13.8 Å². The van der Waals surface area contributed by atoms with E-state index in [1.807, 2.05) is 80.7 Å². The van der Waals surface area contributed by atoms with Crippen LogP contribution in [-0.2, 0) is 16.1 Å². The van der Waals surface area contributed by atoms with Crippen molar-refractivity contribution in [2.75, 3.05) is 11.9 Å². The molecular formula is C29H25N3O3S. The predicted molar refractivity (Wildman–Crippen MR) is 145 cm³/mol. The minimum Gasteiger partial charge on any atom is -0.342 e. The fraction of sp³-hybridized carbons (Fsp3) is 0.138. The Kier molecular flexibility index (Phi) is 6.48. The molecule has 1 aromatic heterocycles.